The van der Waals surface area contributed by atoms with Crippen LogP contribution in [-0.2, 0) is 20.7 Å². The minimum absolute atomic E-state index is 0.0778. The number of carbonyl (C=O) groups is 1. The third-order valence-corrected chi connectivity index (χ3v) is 5.68. The normalized spacial score (nSPS) is 12.0. The van der Waals surface area contributed by atoms with Gasteiger partial charge in [0.2, 0.25) is 0 Å². The van der Waals surface area contributed by atoms with E-state index < -0.39 is 22.3 Å². The first-order valence-electron chi connectivity index (χ1n) is 9.39. The summed E-state index contributed by atoms with van der Waals surface area (Å²) >= 11 is 0.991. The summed E-state index contributed by atoms with van der Waals surface area (Å²) < 4.78 is 13.2. The number of hydrogen-bond donors (Lipinski definition) is 1. The number of aromatic nitrogens is 4. The Morgan fingerprint density at radius 2 is 1.94 bits per heavy atom. The van der Waals surface area contributed by atoms with E-state index in [4.69, 9.17) is 14.9 Å². The fourth-order valence-electron chi connectivity index (χ4n) is 2.85. The predicted molar refractivity (Wildman–Crippen MR) is 116 cm³/mol. The topological polar surface area (TPSA) is 135 Å². The number of rotatable bonds is 7. The number of nitrogen functional groups attached to an aromatic ring is 1. The van der Waals surface area contributed by atoms with Crippen molar-refractivity contribution in [3.8, 4) is 5.75 Å². The first kappa shape index (κ1) is 22.3. The van der Waals surface area contributed by atoms with Crippen molar-refractivity contribution in [3.05, 3.63) is 61.6 Å². The van der Waals surface area contributed by atoms with Crippen molar-refractivity contribution in [3.63, 3.8) is 0 Å². The van der Waals surface area contributed by atoms with E-state index in [1.807, 2.05) is 32.0 Å². The summed E-state index contributed by atoms with van der Waals surface area (Å²) in [6.45, 7) is 5.57. The van der Waals surface area contributed by atoms with Crippen molar-refractivity contribution in [1.29, 1.82) is 0 Å². The van der Waals surface area contributed by atoms with Gasteiger partial charge in [-0.15, -0.1) is 10.2 Å². The number of nitrogens with two attached hydrogens (primary N) is 1. The van der Waals surface area contributed by atoms with Crippen LogP contribution in [0.2, 0.25) is 0 Å². The van der Waals surface area contributed by atoms with Gasteiger partial charge in [0.15, 0.2) is 12.4 Å². The van der Waals surface area contributed by atoms with Crippen LogP contribution in [0.25, 0.3) is 0 Å². The smallest absolute Gasteiger partial charge is 0.332 e. The molecule has 3 aromatic rings. The highest BCUT2D eigenvalue weighted by Crippen LogP contribution is 2.26. The van der Waals surface area contributed by atoms with E-state index in [-0.39, 0.29) is 29.1 Å². The molecule has 2 N–H and O–H groups in total. The van der Waals surface area contributed by atoms with Crippen molar-refractivity contribution in [2.45, 2.75) is 37.9 Å². The van der Waals surface area contributed by atoms with Crippen molar-refractivity contribution < 1.29 is 13.9 Å². The number of hydrogen-bond acceptors (Lipinski definition) is 9. The standard InChI is InChI=1S/C20H23N5O5S/c1-10-6-7-11(2)13(8-10)29-9-14-22-23-19(30-14)31-12(3)16(26)15-17(21)24(4)20(28)25(5)18(15)27/h6-8,12H,9,21H2,1-5H3. The zero-order valence-corrected chi connectivity index (χ0v) is 18.6. The van der Waals surface area contributed by atoms with E-state index in [9.17, 15) is 14.4 Å². The Labute approximate surface area is 182 Å². The van der Waals surface area contributed by atoms with Gasteiger partial charge in [0.1, 0.15) is 17.1 Å². The minimum Gasteiger partial charge on any atom is -0.484 e. The lowest BCUT2D eigenvalue weighted by Gasteiger charge is -2.13. The SMILES string of the molecule is Cc1ccc(C)c(OCc2nnc(SC(C)C(=O)c3c(N)n(C)c(=O)n(C)c3=O)o2)c1. The lowest BCUT2D eigenvalue weighted by molar-refractivity contribution is 0.0991. The maximum atomic E-state index is 12.8. The van der Waals surface area contributed by atoms with E-state index in [2.05, 4.69) is 10.2 Å². The Morgan fingerprint density at radius 3 is 2.65 bits per heavy atom. The van der Waals surface area contributed by atoms with Crippen molar-refractivity contribution >= 4 is 23.4 Å². The van der Waals surface area contributed by atoms with Crippen molar-refractivity contribution in [2.24, 2.45) is 14.1 Å². The van der Waals surface area contributed by atoms with Crippen LogP contribution >= 0.6 is 11.8 Å². The Morgan fingerprint density at radius 1 is 1.23 bits per heavy atom. The van der Waals surface area contributed by atoms with Crippen LogP contribution in [0.4, 0.5) is 5.82 Å². The molecule has 3 rings (SSSR count). The zero-order valence-electron chi connectivity index (χ0n) is 17.8. The molecule has 0 saturated heterocycles. The molecular weight excluding hydrogens is 422 g/mol. The van der Waals surface area contributed by atoms with E-state index >= 15 is 0 Å². The molecule has 0 bridgehead atoms. The molecule has 0 radical (unpaired) electrons. The van der Waals surface area contributed by atoms with Gasteiger partial charge in [-0.1, -0.05) is 23.9 Å². The fraction of sp³-hybridized carbons (Fsp3) is 0.350. The number of ether oxygens (including phenoxy) is 1. The number of Topliss-reactive ketones (excluding diaryl/α,β-unsaturated/α-hetero) is 1. The van der Waals surface area contributed by atoms with Crippen LogP contribution in [0.15, 0.2) is 37.4 Å². The average molecular weight is 446 g/mol. The minimum atomic E-state index is -0.749. The summed E-state index contributed by atoms with van der Waals surface area (Å²) in [5.74, 6) is 0.251. The molecular formula is C20H23N5O5S. The first-order chi connectivity index (χ1) is 14.6. The summed E-state index contributed by atoms with van der Waals surface area (Å²) in [4.78, 5) is 37.2. The van der Waals surface area contributed by atoms with Gasteiger partial charge < -0.3 is 14.9 Å². The highest BCUT2D eigenvalue weighted by Gasteiger charge is 2.27. The molecule has 2 heterocycles. The molecule has 0 aliphatic rings. The van der Waals surface area contributed by atoms with Crippen LogP contribution in [0.3, 0.4) is 0 Å². The second-order valence-corrected chi connectivity index (χ2v) is 8.40. The van der Waals surface area contributed by atoms with Gasteiger partial charge >= 0.3 is 5.69 Å². The summed E-state index contributed by atoms with van der Waals surface area (Å²) in [6.07, 6.45) is 0. The Kier molecular flexibility index (Phi) is 6.34. The summed E-state index contributed by atoms with van der Waals surface area (Å²) in [6, 6.07) is 5.87. The Balaban J connectivity index is 1.72. The summed E-state index contributed by atoms with van der Waals surface area (Å²) in [5, 5.41) is 7.26. The van der Waals surface area contributed by atoms with Gasteiger partial charge in [0.05, 0.1) is 5.25 Å². The third kappa shape index (κ3) is 4.55. The lowest BCUT2D eigenvalue weighted by Crippen LogP contribution is -2.42. The molecule has 164 valence electrons. The molecule has 0 spiro atoms. The van der Waals surface area contributed by atoms with Crippen LogP contribution in [-0.4, -0.2) is 30.4 Å². The highest BCUT2D eigenvalue weighted by atomic mass is 32.2. The number of aryl methyl sites for hydroxylation is 2. The van der Waals surface area contributed by atoms with Gasteiger partial charge in [-0.25, -0.2) is 4.79 Å². The lowest BCUT2D eigenvalue weighted by atomic mass is 10.1. The first-order valence-corrected chi connectivity index (χ1v) is 10.3. The van der Waals surface area contributed by atoms with Gasteiger partial charge in [-0.2, -0.15) is 0 Å². The van der Waals surface area contributed by atoms with Gasteiger partial charge in [-0.05, 0) is 38.0 Å². The van der Waals surface area contributed by atoms with Crippen molar-refractivity contribution in [1.82, 2.24) is 19.3 Å². The number of thioether (sulfide) groups is 1. The number of anilines is 1. The summed E-state index contributed by atoms with van der Waals surface area (Å²) in [5.41, 5.74) is 6.31. The molecule has 10 nitrogen and oxygen atoms in total. The molecule has 11 heteroatoms. The molecule has 1 atom stereocenters. The van der Waals surface area contributed by atoms with E-state index in [1.54, 1.807) is 6.92 Å². The predicted octanol–water partition coefficient (Wildman–Crippen LogP) is 1.61. The van der Waals surface area contributed by atoms with Gasteiger partial charge in [0, 0.05) is 14.1 Å². The molecule has 0 amide bonds. The number of benzene rings is 1. The van der Waals surface area contributed by atoms with E-state index in [1.165, 1.54) is 14.1 Å². The molecule has 0 aliphatic carbocycles. The van der Waals surface area contributed by atoms with Crippen LogP contribution in [0.1, 0.15) is 34.3 Å². The molecule has 1 aromatic carbocycles. The molecule has 0 saturated carbocycles. The largest absolute Gasteiger partial charge is 0.484 e. The molecule has 1 unspecified atom stereocenters. The quantitative estimate of drug-likeness (QED) is 0.425. The third-order valence-electron chi connectivity index (χ3n) is 4.75. The highest BCUT2D eigenvalue weighted by molar-refractivity contribution is 8.00. The maximum absolute atomic E-state index is 12.8. The average Bonchev–Trinajstić information content (AvgIpc) is 3.18. The second kappa shape index (κ2) is 8.80. The zero-order chi connectivity index (χ0) is 22.9. The van der Waals surface area contributed by atoms with Gasteiger partial charge in [-0.3, -0.25) is 18.7 Å². The molecule has 0 fully saturated rings. The monoisotopic (exact) mass is 445 g/mol. The fourth-order valence-corrected chi connectivity index (χ4v) is 3.61. The number of carbonyl (C=O) groups excluding carboxylic acids is 1. The number of nitrogens with zero attached hydrogens (tertiary/aromatic N) is 4. The Bertz CT molecular complexity index is 1260. The van der Waals surface area contributed by atoms with Gasteiger partial charge in [0.25, 0.3) is 16.7 Å². The Hall–Kier alpha value is -3.34. The molecule has 2 aromatic heterocycles. The van der Waals surface area contributed by atoms with E-state index in [0.717, 1.165) is 37.8 Å². The summed E-state index contributed by atoms with van der Waals surface area (Å²) in [7, 11) is 2.69. The van der Waals surface area contributed by atoms with Crippen molar-refractivity contribution in [2.75, 3.05) is 5.73 Å². The van der Waals surface area contributed by atoms with Crippen LogP contribution in [0, 0.1) is 13.8 Å². The second-order valence-electron chi connectivity index (χ2n) is 7.11. The van der Waals surface area contributed by atoms with Crippen LogP contribution in [0.5, 0.6) is 5.75 Å². The molecule has 31 heavy (non-hydrogen) atoms. The molecule has 0 aliphatic heterocycles. The van der Waals surface area contributed by atoms with E-state index in [0.29, 0.717) is 0 Å². The maximum Gasteiger partial charge on any atom is 0.332 e. The van der Waals surface area contributed by atoms with Crippen LogP contribution < -0.4 is 21.7 Å². The number of ketones is 1.